The van der Waals surface area contributed by atoms with Crippen LogP contribution in [0.25, 0.3) is 11.6 Å². The average molecular weight is 272 g/mol. The van der Waals surface area contributed by atoms with Gasteiger partial charge >= 0.3 is 6.61 Å². The molecule has 100 valence electrons. The van der Waals surface area contributed by atoms with Gasteiger partial charge in [-0.25, -0.2) is 0 Å². The van der Waals surface area contributed by atoms with Gasteiger partial charge in [-0.1, -0.05) is 18.2 Å². The molecule has 1 heterocycles. The Labute approximate surface area is 114 Å². The number of rotatable bonds is 4. The first kappa shape index (κ1) is 13.7. The molecule has 0 fully saturated rings. The second kappa shape index (κ2) is 6.43. The number of nitrogens with zero attached hydrogens (tertiary/aromatic N) is 2. The lowest BCUT2D eigenvalue weighted by atomic mass is 10.1. The van der Waals surface area contributed by atoms with Crippen LogP contribution in [0, 0.1) is 11.3 Å². The lowest BCUT2D eigenvalue weighted by Crippen LogP contribution is -2.01. The molecule has 1 aromatic heterocycles. The van der Waals surface area contributed by atoms with Crippen molar-refractivity contribution in [2.45, 2.75) is 6.61 Å². The molecule has 0 spiro atoms. The minimum Gasteiger partial charge on any atom is -0.435 e. The number of alkyl halides is 2. The van der Waals surface area contributed by atoms with Crippen molar-refractivity contribution in [2.75, 3.05) is 0 Å². The van der Waals surface area contributed by atoms with Crippen LogP contribution in [0.4, 0.5) is 8.78 Å². The van der Waals surface area contributed by atoms with Crippen LogP contribution < -0.4 is 4.74 Å². The summed E-state index contributed by atoms with van der Waals surface area (Å²) < 4.78 is 28.6. The molecule has 0 aliphatic rings. The molecule has 0 atom stereocenters. The van der Waals surface area contributed by atoms with Gasteiger partial charge in [0.1, 0.15) is 11.8 Å². The summed E-state index contributed by atoms with van der Waals surface area (Å²) in [5.41, 5.74) is 1.46. The summed E-state index contributed by atoms with van der Waals surface area (Å²) in [6.45, 7) is -2.87. The normalized spacial score (nSPS) is 11.2. The number of pyridine rings is 1. The van der Waals surface area contributed by atoms with E-state index in [0.29, 0.717) is 16.8 Å². The number of hydrogen-bond donors (Lipinski definition) is 0. The van der Waals surface area contributed by atoms with Crippen molar-refractivity contribution >= 4 is 11.6 Å². The van der Waals surface area contributed by atoms with Crippen LogP contribution in [0.5, 0.6) is 5.75 Å². The molecule has 2 aromatic rings. The van der Waals surface area contributed by atoms with Crippen molar-refractivity contribution in [3.8, 4) is 11.8 Å². The second-order valence-corrected chi connectivity index (χ2v) is 3.84. The number of benzene rings is 1. The van der Waals surface area contributed by atoms with Crippen LogP contribution in [0.15, 0.2) is 48.7 Å². The SMILES string of the molecule is N#C/C(=C/c1cccc(OC(F)F)c1)c1ccccn1. The molecule has 5 heteroatoms. The number of allylic oxidation sites excluding steroid dienone is 1. The zero-order valence-electron chi connectivity index (χ0n) is 10.3. The Morgan fingerprint density at radius 3 is 2.75 bits per heavy atom. The molecule has 0 N–H and O–H groups in total. The maximum Gasteiger partial charge on any atom is 0.387 e. The predicted octanol–water partition coefficient (Wildman–Crippen LogP) is 3.75. The van der Waals surface area contributed by atoms with Gasteiger partial charge in [-0.15, -0.1) is 0 Å². The van der Waals surface area contributed by atoms with Crippen LogP contribution in [-0.4, -0.2) is 11.6 Å². The van der Waals surface area contributed by atoms with Gasteiger partial charge in [-0.3, -0.25) is 4.98 Å². The Hall–Kier alpha value is -2.74. The number of hydrogen-bond acceptors (Lipinski definition) is 3. The first-order valence-corrected chi connectivity index (χ1v) is 5.77. The Morgan fingerprint density at radius 2 is 2.10 bits per heavy atom. The van der Waals surface area contributed by atoms with E-state index >= 15 is 0 Å². The lowest BCUT2D eigenvalue weighted by molar-refractivity contribution is -0.0498. The van der Waals surface area contributed by atoms with Gasteiger partial charge < -0.3 is 4.74 Å². The van der Waals surface area contributed by atoms with Gasteiger partial charge in [0.2, 0.25) is 0 Å². The third kappa shape index (κ3) is 3.62. The maximum absolute atomic E-state index is 12.1. The quantitative estimate of drug-likeness (QED) is 0.796. The molecule has 1 aromatic carbocycles. The third-order valence-electron chi connectivity index (χ3n) is 2.46. The lowest BCUT2D eigenvalue weighted by Gasteiger charge is -2.05. The van der Waals surface area contributed by atoms with Crippen LogP contribution in [0.1, 0.15) is 11.3 Å². The zero-order valence-corrected chi connectivity index (χ0v) is 10.3. The van der Waals surface area contributed by atoms with E-state index in [1.54, 1.807) is 42.6 Å². The first-order chi connectivity index (χ1) is 9.69. The van der Waals surface area contributed by atoms with Crippen LogP contribution in [0.2, 0.25) is 0 Å². The fraction of sp³-hybridized carbons (Fsp3) is 0.0667. The Bertz CT molecular complexity index is 648. The summed E-state index contributed by atoms with van der Waals surface area (Å²) >= 11 is 0. The fourth-order valence-electron chi connectivity index (χ4n) is 1.63. The Morgan fingerprint density at radius 1 is 1.25 bits per heavy atom. The molecule has 0 radical (unpaired) electrons. The Kier molecular flexibility index (Phi) is 4.40. The largest absolute Gasteiger partial charge is 0.435 e. The molecule has 0 aliphatic carbocycles. The van der Waals surface area contributed by atoms with Crippen molar-refractivity contribution in [1.29, 1.82) is 5.26 Å². The topological polar surface area (TPSA) is 45.9 Å². The van der Waals surface area contributed by atoms with E-state index in [1.165, 1.54) is 12.1 Å². The summed E-state index contributed by atoms with van der Waals surface area (Å²) in [5.74, 6) is 0.0482. The van der Waals surface area contributed by atoms with Crippen LogP contribution in [-0.2, 0) is 0 Å². The van der Waals surface area contributed by atoms with Crippen LogP contribution >= 0.6 is 0 Å². The smallest absolute Gasteiger partial charge is 0.387 e. The maximum atomic E-state index is 12.1. The summed E-state index contributed by atoms with van der Waals surface area (Å²) in [4.78, 5) is 4.07. The highest BCUT2D eigenvalue weighted by molar-refractivity contribution is 5.88. The molecule has 0 amide bonds. The number of halogens is 2. The molecular weight excluding hydrogens is 262 g/mol. The fourth-order valence-corrected chi connectivity index (χ4v) is 1.63. The molecule has 2 rings (SSSR count). The Balaban J connectivity index is 2.31. The molecule has 20 heavy (non-hydrogen) atoms. The summed E-state index contributed by atoms with van der Waals surface area (Å²) in [5, 5.41) is 9.15. The molecule has 0 unspecified atom stereocenters. The van der Waals surface area contributed by atoms with E-state index in [9.17, 15) is 8.78 Å². The monoisotopic (exact) mass is 272 g/mol. The summed E-state index contributed by atoms with van der Waals surface area (Å²) in [6.07, 6.45) is 3.15. The van der Waals surface area contributed by atoms with E-state index < -0.39 is 6.61 Å². The van der Waals surface area contributed by atoms with Crippen LogP contribution in [0.3, 0.4) is 0 Å². The predicted molar refractivity (Wildman–Crippen MR) is 70.8 cm³/mol. The van der Waals surface area contributed by atoms with Gasteiger partial charge in [-0.05, 0) is 35.9 Å². The molecule has 0 aliphatic heterocycles. The van der Waals surface area contributed by atoms with Gasteiger partial charge in [0.25, 0.3) is 0 Å². The molecular formula is C15H10F2N2O. The molecule has 0 saturated carbocycles. The molecule has 0 bridgehead atoms. The number of nitriles is 1. The van der Waals surface area contributed by atoms with E-state index in [4.69, 9.17) is 5.26 Å². The number of ether oxygens (including phenoxy) is 1. The molecule has 3 nitrogen and oxygen atoms in total. The van der Waals surface area contributed by atoms with Gasteiger partial charge in [0.05, 0.1) is 11.3 Å². The highest BCUT2D eigenvalue weighted by atomic mass is 19.3. The standard InChI is InChI=1S/C15H10F2N2O/c16-15(17)20-13-5-3-4-11(9-13)8-12(10-18)14-6-1-2-7-19-14/h1-9,15H/b12-8-. The zero-order chi connectivity index (χ0) is 14.4. The van der Waals surface area contributed by atoms with Gasteiger partial charge in [-0.2, -0.15) is 14.0 Å². The summed E-state index contributed by atoms with van der Waals surface area (Å²) in [6, 6.07) is 13.4. The third-order valence-corrected chi connectivity index (χ3v) is 2.46. The first-order valence-electron chi connectivity index (χ1n) is 5.77. The molecule has 0 saturated heterocycles. The van der Waals surface area contributed by atoms with Crippen molar-refractivity contribution in [3.63, 3.8) is 0 Å². The van der Waals surface area contributed by atoms with Gasteiger partial charge in [0.15, 0.2) is 0 Å². The van der Waals surface area contributed by atoms with Crippen molar-refractivity contribution < 1.29 is 13.5 Å². The average Bonchev–Trinajstić information content (AvgIpc) is 2.45. The van der Waals surface area contributed by atoms with Crippen molar-refractivity contribution in [2.24, 2.45) is 0 Å². The summed E-state index contributed by atoms with van der Waals surface area (Å²) in [7, 11) is 0. The van der Waals surface area contributed by atoms with E-state index in [2.05, 4.69) is 9.72 Å². The second-order valence-electron chi connectivity index (χ2n) is 3.84. The number of aromatic nitrogens is 1. The highest BCUT2D eigenvalue weighted by Crippen LogP contribution is 2.20. The van der Waals surface area contributed by atoms with Crippen molar-refractivity contribution in [1.82, 2.24) is 4.98 Å². The van der Waals surface area contributed by atoms with E-state index in [1.807, 2.05) is 6.07 Å². The van der Waals surface area contributed by atoms with E-state index in [0.717, 1.165) is 0 Å². The minimum atomic E-state index is -2.87. The van der Waals surface area contributed by atoms with Crippen molar-refractivity contribution in [3.05, 3.63) is 59.9 Å². The van der Waals surface area contributed by atoms with E-state index in [-0.39, 0.29) is 5.75 Å². The minimum absolute atomic E-state index is 0.0482. The highest BCUT2D eigenvalue weighted by Gasteiger charge is 2.05. The van der Waals surface area contributed by atoms with Gasteiger partial charge in [0, 0.05) is 6.20 Å².